The molecule has 29 heavy (non-hydrogen) atoms. The number of rotatable bonds is 6. The van der Waals surface area contributed by atoms with Gasteiger partial charge in [-0.05, 0) is 13.0 Å². The van der Waals surface area contributed by atoms with Crippen LogP contribution in [0.25, 0.3) is 11.1 Å². The summed E-state index contributed by atoms with van der Waals surface area (Å²) in [5.41, 5.74) is 1.33. The maximum atomic E-state index is 12.6. The van der Waals surface area contributed by atoms with Crippen LogP contribution in [0.2, 0.25) is 5.02 Å². The summed E-state index contributed by atoms with van der Waals surface area (Å²) in [4.78, 5) is 50.9. The lowest BCUT2D eigenvalue weighted by Gasteiger charge is -2.14. The number of anilines is 1. The molecule has 0 radical (unpaired) electrons. The molecular weight excluding hydrogens is 418 g/mol. The van der Waals surface area contributed by atoms with Gasteiger partial charge in [-0.15, -0.1) is 11.3 Å². The highest BCUT2D eigenvalue weighted by Gasteiger charge is 2.35. The van der Waals surface area contributed by atoms with Crippen LogP contribution >= 0.6 is 22.9 Å². The van der Waals surface area contributed by atoms with E-state index in [1.54, 1.807) is 36.6 Å². The highest BCUT2D eigenvalue weighted by molar-refractivity contribution is 7.15. The van der Waals surface area contributed by atoms with Crippen LogP contribution in [0.15, 0.2) is 29.6 Å². The molecular formula is C19H18ClN3O5S. The molecule has 1 saturated heterocycles. The van der Waals surface area contributed by atoms with Crippen LogP contribution in [-0.2, 0) is 14.3 Å². The fourth-order valence-corrected chi connectivity index (χ4v) is 4.07. The van der Waals surface area contributed by atoms with Gasteiger partial charge in [0.25, 0.3) is 5.91 Å². The van der Waals surface area contributed by atoms with Crippen molar-refractivity contribution in [2.24, 2.45) is 0 Å². The Balaban J connectivity index is 1.88. The molecule has 1 fully saturated rings. The fourth-order valence-electron chi connectivity index (χ4n) is 2.87. The number of likely N-dealkylation sites (N-methyl/N-ethyl adjacent to an activating group) is 1. The monoisotopic (exact) mass is 435 g/mol. The number of esters is 1. The molecule has 0 spiro atoms. The molecule has 1 N–H and O–H groups in total. The first kappa shape index (κ1) is 20.8. The van der Waals surface area contributed by atoms with E-state index in [0.717, 1.165) is 16.2 Å². The molecule has 0 saturated carbocycles. The van der Waals surface area contributed by atoms with Crippen molar-refractivity contribution in [1.82, 2.24) is 9.80 Å². The number of thiophene rings is 1. The standard InChI is InChI=1S/C19H18ClN3O5S/c1-3-28-18(26)16-12(11-6-4-5-7-13(11)20)10-29-17(16)21-14(24)8-23-15(25)9-22(2)19(23)27/h4-7,10H,3,8-9H2,1-2H3,(H,21,24). The molecule has 0 unspecified atom stereocenters. The van der Waals surface area contributed by atoms with E-state index in [0.29, 0.717) is 16.1 Å². The number of hydrogen-bond donors (Lipinski definition) is 1. The van der Waals surface area contributed by atoms with Gasteiger partial charge in [-0.2, -0.15) is 0 Å². The highest BCUT2D eigenvalue weighted by atomic mass is 35.5. The molecule has 10 heteroatoms. The van der Waals surface area contributed by atoms with E-state index >= 15 is 0 Å². The van der Waals surface area contributed by atoms with E-state index < -0.39 is 30.4 Å². The van der Waals surface area contributed by atoms with Gasteiger partial charge in [0.1, 0.15) is 23.7 Å². The van der Waals surface area contributed by atoms with Crippen LogP contribution in [0.3, 0.4) is 0 Å². The van der Waals surface area contributed by atoms with Gasteiger partial charge < -0.3 is 15.0 Å². The van der Waals surface area contributed by atoms with Crippen LogP contribution in [0.1, 0.15) is 17.3 Å². The molecule has 2 aromatic rings. The maximum Gasteiger partial charge on any atom is 0.341 e. The Bertz CT molecular complexity index is 990. The first-order chi connectivity index (χ1) is 13.8. The average Bonchev–Trinajstić information content (AvgIpc) is 3.18. The fraction of sp³-hybridized carbons (Fsp3) is 0.263. The second kappa shape index (κ2) is 8.62. The van der Waals surface area contributed by atoms with Gasteiger partial charge in [-0.25, -0.2) is 9.59 Å². The Labute approximate surface area is 176 Å². The molecule has 3 rings (SSSR count). The largest absolute Gasteiger partial charge is 0.462 e. The quantitative estimate of drug-likeness (QED) is 0.555. The van der Waals surface area contributed by atoms with Crippen LogP contribution in [0.4, 0.5) is 9.80 Å². The lowest BCUT2D eigenvalue weighted by Crippen LogP contribution is -2.38. The summed E-state index contributed by atoms with van der Waals surface area (Å²) in [6, 6.07) is 6.47. The topological polar surface area (TPSA) is 96.0 Å². The molecule has 4 amide bonds. The number of imide groups is 1. The van der Waals surface area contributed by atoms with Crippen molar-refractivity contribution < 1.29 is 23.9 Å². The van der Waals surface area contributed by atoms with Gasteiger partial charge in [0.2, 0.25) is 5.91 Å². The van der Waals surface area contributed by atoms with Gasteiger partial charge in [-0.3, -0.25) is 14.5 Å². The summed E-state index contributed by atoms with van der Waals surface area (Å²) in [5, 5.41) is 5.02. The van der Waals surface area contributed by atoms with E-state index in [2.05, 4.69) is 5.32 Å². The number of amides is 4. The summed E-state index contributed by atoms with van der Waals surface area (Å²) in [6.07, 6.45) is 0. The van der Waals surface area contributed by atoms with Crippen molar-refractivity contribution in [3.8, 4) is 11.1 Å². The Hall–Kier alpha value is -2.91. The zero-order chi connectivity index (χ0) is 21.1. The van der Waals surface area contributed by atoms with Gasteiger partial charge >= 0.3 is 12.0 Å². The van der Waals surface area contributed by atoms with Crippen molar-refractivity contribution in [2.45, 2.75) is 6.92 Å². The molecule has 152 valence electrons. The van der Waals surface area contributed by atoms with Crippen LogP contribution in [-0.4, -0.2) is 60.4 Å². The Morgan fingerprint density at radius 1 is 1.24 bits per heavy atom. The van der Waals surface area contributed by atoms with Crippen LogP contribution in [0.5, 0.6) is 0 Å². The zero-order valence-electron chi connectivity index (χ0n) is 15.7. The molecule has 2 heterocycles. The highest BCUT2D eigenvalue weighted by Crippen LogP contribution is 2.39. The van der Waals surface area contributed by atoms with E-state index in [1.807, 2.05) is 0 Å². The third kappa shape index (κ3) is 4.25. The number of urea groups is 1. The van der Waals surface area contributed by atoms with Gasteiger partial charge in [0, 0.05) is 28.6 Å². The third-order valence-electron chi connectivity index (χ3n) is 4.22. The molecule has 8 nitrogen and oxygen atoms in total. The number of nitrogens with one attached hydrogen (secondary N) is 1. The summed E-state index contributed by atoms with van der Waals surface area (Å²) in [7, 11) is 1.48. The van der Waals surface area contributed by atoms with E-state index in [4.69, 9.17) is 16.3 Å². The Morgan fingerprint density at radius 2 is 1.97 bits per heavy atom. The number of carbonyl (C=O) groups excluding carboxylic acids is 4. The number of nitrogens with zero attached hydrogens (tertiary/aromatic N) is 2. The Morgan fingerprint density at radius 3 is 2.59 bits per heavy atom. The molecule has 1 aromatic carbocycles. The third-order valence-corrected chi connectivity index (χ3v) is 5.45. The molecule has 0 atom stereocenters. The zero-order valence-corrected chi connectivity index (χ0v) is 17.3. The van der Waals surface area contributed by atoms with Crippen molar-refractivity contribution in [2.75, 3.05) is 32.1 Å². The van der Waals surface area contributed by atoms with Crippen LogP contribution < -0.4 is 5.32 Å². The number of hydrogen-bond acceptors (Lipinski definition) is 6. The lowest BCUT2D eigenvalue weighted by molar-refractivity contribution is -0.129. The smallest absolute Gasteiger partial charge is 0.341 e. The number of ether oxygens (including phenoxy) is 1. The van der Waals surface area contributed by atoms with Crippen LogP contribution in [0, 0.1) is 0 Å². The van der Waals surface area contributed by atoms with Crippen molar-refractivity contribution in [1.29, 1.82) is 0 Å². The summed E-state index contributed by atoms with van der Waals surface area (Å²) < 4.78 is 5.14. The normalized spacial score (nSPS) is 13.8. The SMILES string of the molecule is CCOC(=O)c1c(-c2ccccc2Cl)csc1NC(=O)CN1C(=O)CN(C)C1=O. The van der Waals surface area contributed by atoms with Gasteiger partial charge in [0.05, 0.1) is 6.61 Å². The first-order valence-corrected chi connectivity index (χ1v) is 9.98. The predicted octanol–water partition coefficient (Wildman–Crippen LogP) is 3.08. The van der Waals surface area contributed by atoms with Gasteiger partial charge in [-0.1, -0.05) is 29.8 Å². The van der Waals surface area contributed by atoms with Gasteiger partial charge in [0.15, 0.2) is 0 Å². The number of carbonyl (C=O) groups is 4. The molecule has 0 bridgehead atoms. The Kier molecular flexibility index (Phi) is 6.19. The summed E-state index contributed by atoms with van der Waals surface area (Å²) in [5.74, 6) is -1.66. The molecule has 1 aromatic heterocycles. The second-order valence-electron chi connectivity index (χ2n) is 6.22. The first-order valence-electron chi connectivity index (χ1n) is 8.72. The minimum absolute atomic E-state index is 0.0736. The minimum atomic E-state index is -0.605. The van der Waals surface area contributed by atoms with Crippen molar-refractivity contribution >= 4 is 51.8 Å². The maximum absolute atomic E-state index is 12.6. The lowest BCUT2D eigenvalue weighted by atomic mass is 10.0. The minimum Gasteiger partial charge on any atom is -0.462 e. The number of benzene rings is 1. The number of halogens is 1. The van der Waals surface area contributed by atoms with E-state index in [1.165, 1.54) is 11.9 Å². The van der Waals surface area contributed by atoms with E-state index in [9.17, 15) is 19.2 Å². The summed E-state index contributed by atoms with van der Waals surface area (Å²) in [6.45, 7) is 1.32. The molecule has 1 aliphatic heterocycles. The van der Waals surface area contributed by atoms with Crippen molar-refractivity contribution in [3.63, 3.8) is 0 Å². The summed E-state index contributed by atoms with van der Waals surface area (Å²) >= 11 is 7.40. The second-order valence-corrected chi connectivity index (χ2v) is 7.51. The van der Waals surface area contributed by atoms with Crippen molar-refractivity contribution in [3.05, 3.63) is 40.2 Å². The molecule has 0 aliphatic carbocycles. The average molecular weight is 436 g/mol. The predicted molar refractivity (Wildman–Crippen MR) is 109 cm³/mol. The molecule has 1 aliphatic rings. The van der Waals surface area contributed by atoms with E-state index in [-0.39, 0.29) is 23.7 Å².